The van der Waals surface area contributed by atoms with Crippen molar-refractivity contribution < 1.29 is 9.84 Å². The molecule has 2 N–H and O–H groups in total. The molecule has 0 aromatic heterocycles. The molecule has 1 unspecified atom stereocenters. The second kappa shape index (κ2) is 6.97. The van der Waals surface area contributed by atoms with Crippen LogP contribution in [0, 0.1) is 0 Å². The van der Waals surface area contributed by atoms with Gasteiger partial charge in [0, 0.05) is 11.6 Å². The maximum absolute atomic E-state index is 9.79. The molecule has 1 atom stereocenters. The molecule has 0 fully saturated rings. The van der Waals surface area contributed by atoms with E-state index in [1.54, 1.807) is 19.2 Å². The number of hydrogen-bond acceptors (Lipinski definition) is 3. The van der Waals surface area contributed by atoms with E-state index in [1.165, 1.54) is 0 Å². The number of phenolic OH excluding ortho intramolecular Hbond substituents is 1. The van der Waals surface area contributed by atoms with Crippen LogP contribution in [0.3, 0.4) is 0 Å². The van der Waals surface area contributed by atoms with Crippen molar-refractivity contribution in [1.82, 2.24) is 5.32 Å². The van der Waals surface area contributed by atoms with Gasteiger partial charge in [-0.25, -0.2) is 0 Å². The van der Waals surface area contributed by atoms with Gasteiger partial charge in [-0.05, 0) is 45.0 Å². The first-order valence-corrected chi connectivity index (χ1v) is 5.90. The van der Waals surface area contributed by atoms with Gasteiger partial charge in [-0.2, -0.15) is 0 Å². The fourth-order valence-corrected chi connectivity index (χ4v) is 1.67. The smallest absolute Gasteiger partial charge is 0.120 e. The largest absolute Gasteiger partial charge is 0.508 e. The molecular formula is C14H21NO2. The van der Waals surface area contributed by atoms with Crippen molar-refractivity contribution in [2.75, 3.05) is 13.7 Å². The maximum atomic E-state index is 9.79. The molecule has 0 radical (unpaired) electrons. The summed E-state index contributed by atoms with van der Waals surface area (Å²) in [5.41, 5.74) is 0.866. The molecule has 0 aliphatic carbocycles. The van der Waals surface area contributed by atoms with E-state index in [4.69, 9.17) is 4.74 Å². The second-order valence-electron chi connectivity index (χ2n) is 3.96. The second-order valence-corrected chi connectivity index (χ2v) is 3.96. The summed E-state index contributed by atoms with van der Waals surface area (Å²) in [6, 6.07) is 5.39. The molecule has 0 aliphatic rings. The first-order chi connectivity index (χ1) is 8.19. The predicted octanol–water partition coefficient (Wildman–Crippen LogP) is 3.02. The number of methoxy groups -OCH3 is 1. The van der Waals surface area contributed by atoms with Crippen molar-refractivity contribution >= 4 is 0 Å². The lowest BCUT2D eigenvalue weighted by atomic mass is 10.1. The van der Waals surface area contributed by atoms with E-state index in [-0.39, 0.29) is 6.04 Å². The molecular weight excluding hydrogens is 214 g/mol. The van der Waals surface area contributed by atoms with Crippen molar-refractivity contribution in [3.63, 3.8) is 0 Å². The van der Waals surface area contributed by atoms with E-state index in [9.17, 15) is 5.11 Å². The van der Waals surface area contributed by atoms with Crippen molar-refractivity contribution in [1.29, 1.82) is 0 Å². The topological polar surface area (TPSA) is 41.5 Å². The van der Waals surface area contributed by atoms with Crippen molar-refractivity contribution in [2.45, 2.75) is 26.3 Å². The summed E-state index contributed by atoms with van der Waals surface area (Å²) in [6.07, 6.45) is 5.14. The van der Waals surface area contributed by atoms with E-state index >= 15 is 0 Å². The van der Waals surface area contributed by atoms with Crippen molar-refractivity contribution in [3.05, 3.63) is 35.9 Å². The average Bonchev–Trinajstić information content (AvgIpc) is 2.35. The molecule has 1 aromatic carbocycles. The number of allylic oxidation sites excluding steroid dienone is 1. The SMILES string of the molecule is C/C=C/CCNC(C)c1cc(OC)ccc1O. The molecule has 0 amide bonds. The van der Waals surface area contributed by atoms with Crippen molar-refractivity contribution in [2.24, 2.45) is 0 Å². The Kier molecular flexibility index (Phi) is 5.57. The van der Waals surface area contributed by atoms with E-state index in [2.05, 4.69) is 11.4 Å². The zero-order valence-corrected chi connectivity index (χ0v) is 10.7. The molecule has 0 saturated carbocycles. The minimum Gasteiger partial charge on any atom is -0.508 e. The lowest BCUT2D eigenvalue weighted by Gasteiger charge is -2.16. The third kappa shape index (κ3) is 4.11. The Bertz CT molecular complexity index is 374. The normalized spacial score (nSPS) is 12.9. The Hall–Kier alpha value is -1.48. The zero-order valence-electron chi connectivity index (χ0n) is 10.7. The number of nitrogens with one attached hydrogen (secondary N) is 1. The van der Waals surface area contributed by atoms with E-state index in [1.807, 2.05) is 26.0 Å². The highest BCUT2D eigenvalue weighted by molar-refractivity contribution is 5.41. The Morgan fingerprint density at radius 1 is 1.47 bits per heavy atom. The number of aromatic hydroxyl groups is 1. The first-order valence-electron chi connectivity index (χ1n) is 5.90. The molecule has 0 bridgehead atoms. The molecule has 0 aliphatic heterocycles. The molecule has 17 heavy (non-hydrogen) atoms. The molecule has 3 heteroatoms. The number of rotatable bonds is 6. The first kappa shape index (κ1) is 13.6. The minimum absolute atomic E-state index is 0.107. The third-order valence-corrected chi connectivity index (χ3v) is 2.70. The summed E-state index contributed by atoms with van der Waals surface area (Å²) in [5.74, 6) is 1.07. The number of ether oxygens (including phenoxy) is 1. The van der Waals surface area contributed by atoms with E-state index < -0.39 is 0 Å². The van der Waals surface area contributed by atoms with Gasteiger partial charge in [-0.15, -0.1) is 0 Å². The monoisotopic (exact) mass is 235 g/mol. The maximum Gasteiger partial charge on any atom is 0.120 e. The summed E-state index contributed by atoms with van der Waals surface area (Å²) in [6.45, 7) is 4.93. The van der Waals surface area contributed by atoms with Crippen LogP contribution in [-0.2, 0) is 0 Å². The molecule has 1 rings (SSSR count). The summed E-state index contributed by atoms with van der Waals surface area (Å²) in [7, 11) is 1.63. The van der Waals surface area contributed by atoms with Gasteiger partial charge in [-0.3, -0.25) is 0 Å². The molecule has 0 heterocycles. The number of hydrogen-bond donors (Lipinski definition) is 2. The van der Waals surface area contributed by atoms with Gasteiger partial charge in [-0.1, -0.05) is 12.2 Å². The summed E-state index contributed by atoms with van der Waals surface area (Å²) < 4.78 is 5.15. The Balaban J connectivity index is 2.63. The van der Waals surface area contributed by atoms with Gasteiger partial charge < -0.3 is 15.2 Å². The van der Waals surface area contributed by atoms with Gasteiger partial charge >= 0.3 is 0 Å². The lowest BCUT2D eigenvalue weighted by molar-refractivity contribution is 0.408. The van der Waals surface area contributed by atoms with Gasteiger partial charge in [0.05, 0.1) is 7.11 Å². The highest BCUT2D eigenvalue weighted by Gasteiger charge is 2.10. The Morgan fingerprint density at radius 3 is 2.88 bits per heavy atom. The Labute approximate surface area is 103 Å². The van der Waals surface area contributed by atoms with Crippen LogP contribution in [0.1, 0.15) is 31.9 Å². The van der Waals surface area contributed by atoms with Gasteiger partial charge in [0.25, 0.3) is 0 Å². The van der Waals surface area contributed by atoms with Crippen LogP contribution in [0.4, 0.5) is 0 Å². The van der Waals surface area contributed by atoms with Crippen LogP contribution >= 0.6 is 0 Å². The van der Waals surface area contributed by atoms with Crippen LogP contribution in [-0.4, -0.2) is 18.8 Å². The number of phenols is 1. The quantitative estimate of drug-likeness (QED) is 0.588. The fourth-order valence-electron chi connectivity index (χ4n) is 1.67. The standard InChI is InChI=1S/C14H21NO2/c1-4-5-6-9-15-11(2)13-10-12(17-3)7-8-14(13)16/h4-5,7-8,10-11,15-16H,6,9H2,1-3H3/b5-4+. The highest BCUT2D eigenvalue weighted by atomic mass is 16.5. The van der Waals surface area contributed by atoms with Crippen LogP contribution in [0.15, 0.2) is 30.4 Å². The van der Waals surface area contributed by atoms with Crippen LogP contribution in [0.2, 0.25) is 0 Å². The fraction of sp³-hybridized carbons (Fsp3) is 0.429. The molecule has 94 valence electrons. The summed E-state index contributed by atoms with van der Waals surface area (Å²) in [5, 5.41) is 13.2. The lowest BCUT2D eigenvalue weighted by Crippen LogP contribution is -2.19. The summed E-state index contributed by atoms with van der Waals surface area (Å²) in [4.78, 5) is 0. The minimum atomic E-state index is 0.107. The van der Waals surface area contributed by atoms with Crippen LogP contribution in [0.5, 0.6) is 11.5 Å². The van der Waals surface area contributed by atoms with Gasteiger partial charge in [0.15, 0.2) is 0 Å². The van der Waals surface area contributed by atoms with Crippen LogP contribution in [0.25, 0.3) is 0 Å². The molecule has 0 spiro atoms. The summed E-state index contributed by atoms with van der Waals surface area (Å²) >= 11 is 0. The zero-order chi connectivity index (χ0) is 12.7. The molecule has 0 saturated heterocycles. The average molecular weight is 235 g/mol. The molecule has 1 aromatic rings. The molecule has 3 nitrogen and oxygen atoms in total. The van der Waals surface area contributed by atoms with E-state index in [0.29, 0.717) is 5.75 Å². The van der Waals surface area contributed by atoms with Crippen LogP contribution < -0.4 is 10.1 Å². The van der Waals surface area contributed by atoms with E-state index in [0.717, 1.165) is 24.3 Å². The predicted molar refractivity (Wildman–Crippen MR) is 70.5 cm³/mol. The van der Waals surface area contributed by atoms with Gasteiger partial charge in [0.1, 0.15) is 11.5 Å². The third-order valence-electron chi connectivity index (χ3n) is 2.70. The van der Waals surface area contributed by atoms with Gasteiger partial charge in [0.2, 0.25) is 0 Å². The number of benzene rings is 1. The Morgan fingerprint density at radius 2 is 2.24 bits per heavy atom. The van der Waals surface area contributed by atoms with Crippen molar-refractivity contribution in [3.8, 4) is 11.5 Å². The highest BCUT2D eigenvalue weighted by Crippen LogP contribution is 2.28.